The second-order valence-corrected chi connectivity index (χ2v) is 10.5. The van der Waals surface area contributed by atoms with Crippen LogP contribution in [0.2, 0.25) is 0 Å². The maximum absolute atomic E-state index is 13.5. The van der Waals surface area contributed by atoms with Crippen molar-refractivity contribution < 1.29 is 23.8 Å². The Hall–Kier alpha value is -3.88. The van der Waals surface area contributed by atoms with Crippen molar-refractivity contribution in [3.05, 3.63) is 94.5 Å². The molecule has 3 N–H and O–H groups in total. The summed E-state index contributed by atoms with van der Waals surface area (Å²) in [6.45, 7) is 8.49. The van der Waals surface area contributed by atoms with Gasteiger partial charge in [-0.15, -0.1) is 0 Å². The molecule has 8 heteroatoms. The molecule has 8 nitrogen and oxygen atoms in total. The topological polar surface area (TPSA) is 103 Å². The summed E-state index contributed by atoms with van der Waals surface area (Å²) in [6.07, 6.45) is 1.59. The fraction of sp³-hybridized carbons (Fsp3) is 0.394. The van der Waals surface area contributed by atoms with Gasteiger partial charge in [0, 0.05) is 37.8 Å². The van der Waals surface area contributed by atoms with Crippen LogP contribution in [0.5, 0.6) is 11.5 Å². The molecule has 0 saturated carbocycles. The maximum atomic E-state index is 13.5. The molecule has 41 heavy (non-hydrogen) atoms. The van der Waals surface area contributed by atoms with E-state index in [9.17, 15) is 9.59 Å². The second-order valence-electron chi connectivity index (χ2n) is 10.5. The zero-order valence-corrected chi connectivity index (χ0v) is 24.2. The fourth-order valence-electron chi connectivity index (χ4n) is 4.97. The highest BCUT2D eigenvalue weighted by Crippen LogP contribution is 2.33. The van der Waals surface area contributed by atoms with Crippen LogP contribution in [0.3, 0.4) is 0 Å². The third kappa shape index (κ3) is 8.31. The van der Waals surface area contributed by atoms with E-state index in [4.69, 9.17) is 19.9 Å². The highest BCUT2D eigenvalue weighted by molar-refractivity contribution is 5.98. The molecule has 2 unspecified atom stereocenters. The molecule has 3 aromatic rings. The van der Waals surface area contributed by atoms with Crippen molar-refractivity contribution in [3.63, 3.8) is 0 Å². The minimum absolute atomic E-state index is 0.0768. The molecule has 0 bridgehead atoms. The average molecular weight is 560 g/mol. The number of nitrogens with zero attached hydrogens (tertiary/aromatic N) is 1. The lowest BCUT2D eigenvalue weighted by Crippen LogP contribution is -2.46. The van der Waals surface area contributed by atoms with Gasteiger partial charge in [0.05, 0.1) is 5.56 Å². The second kappa shape index (κ2) is 14.7. The number of hydrogen-bond acceptors (Lipinski definition) is 7. The molecule has 1 heterocycles. The molecule has 218 valence electrons. The van der Waals surface area contributed by atoms with Crippen molar-refractivity contribution in [1.82, 2.24) is 10.2 Å². The summed E-state index contributed by atoms with van der Waals surface area (Å²) in [7, 11) is 0. The molecular formula is C33H41N3O5. The molecule has 0 spiro atoms. The molecule has 0 fully saturated rings. The number of ether oxygens (including phenoxy) is 3. The first-order valence-electron chi connectivity index (χ1n) is 14.4. The van der Waals surface area contributed by atoms with Gasteiger partial charge in [0.2, 0.25) is 6.79 Å². The number of nitrogens with two attached hydrogens (primary N) is 1. The van der Waals surface area contributed by atoms with Crippen LogP contribution in [0, 0.1) is 6.92 Å². The zero-order valence-electron chi connectivity index (χ0n) is 24.2. The smallest absolute Gasteiger partial charge is 0.338 e. The standard InChI is InChI=1S/C33H41N3O5/c1-4-13-36(14-5-2)32(37)26-15-23(3)16-27(19-26)33(38)41-31(21-35-20-24-9-7-6-8-10-24)28(34)17-25-11-12-29-30(18-25)40-22-39-29/h6-12,15-16,18-19,28,31,35H,4-5,13-14,17,20-22,34H2,1-3H3. The van der Waals surface area contributed by atoms with Gasteiger partial charge in [0.15, 0.2) is 11.5 Å². The molecule has 1 amide bonds. The van der Waals surface area contributed by atoms with Crippen LogP contribution >= 0.6 is 0 Å². The first-order chi connectivity index (χ1) is 19.9. The van der Waals surface area contributed by atoms with Gasteiger partial charge in [-0.3, -0.25) is 4.79 Å². The molecule has 2 atom stereocenters. The molecule has 1 aliphatic rings. The summed E-state index contributed by atoms with van der Waals surface area (Å²) in [5.74, 6) is 0.804. The largest absolute Gasteiger partial charge is 0.456 e. The van der Waals surface area contributed by atoms with E-state index in [1.165, 1.54) is 0 Å². The molecule has 4 rings (SSSR count). The van der Waals surface area contributed by atoms with E-state index < -0.39 is 18.1 Å². The summed E-state index contributed by atoms with van der Waals surface area (Å²) < 4.78 is 17.0. The number of benzene rings is 3. The normalized spacial score (nSPS) is 13.5. The predicted molar refractivity (Wildman–Crippen MR) is 159 cm³/mol. The van der Waals surface area contributed by atoms with Gasteiger partial charge in [-0.25, -0.2) is 4.79 Å². The van der Waals surface area contributed by atoms with Crippen LogP contribution < -0.4 is 20.5 Å². The predicted octanol–water partition coefficient (Wildman–Crippen LogP) is 4.87. The first kappa shape index (κ1) is 30.1. The monoisotopic (exact) mass is 559 g/mol. The maximum Gasteiger partial charge on any atom is 0.338 e. The zero-order chi connectivity index (χ0) is 29.2. The SMILES string of the molecule is CCCN(CCC)C(=O)c1cc(C)cc(C(=O)OC(CNCc2ccccc2)C(N)Cc2ccc3c(c2)OCO3)c1. The molecule has 0 aliphatic carbocycles. The Morgan fingerprint density at radius 2 is 1.63 bits per heavy atom. The van der Waals surface area contributed by atoms with Gasteiger partial charge in [0.25, 0.3) is 5.91 Å². The number of aryl methyl sites for hydroxylation is 1. The summed E-state index contributed by atoms with van der Waals surface area (Å²) in [4.78, 5) is 28.6. The lowest BCUT2D eigenvalue weighted by atomic mass is 10.0. The Morgan fingerprint density at radius 1 is 0.927 bits per heavy atom. The van der Waals surface area contributed by atoms with Gasteiger partial charge < -0.3 is 30.2 Å². The highest BCUT2D eigenvalue weighted by Gasteiger charge is 2.25. The van der Waals surface area contributed by atoms with Crippen molar-refractivity contribution >= 4 is 11.9 Å². The molecule has 1 aliphatic heterocycles. The summed E-state index contributed by atoms with van der Waals surface area (Å²) in [5, 5.41) is 3.39. The van der Waals surface area contributed by atoms with Crippen molar-refractivity contribution in [2.45, 2.75) is 58.7 Å². The Morgan fingerprint density at radius 3 is 2.37 bits per heavy atom. The molecular weight excluding hydrogens is 518 g/mol. The van der Waals surface area contributed by atoms with Gasteiger partial charge in [0.1, 0.15) is 6.10 Å². The van der Waals surface area contributed by atoms with E-state index in [0.717, 1.165) is 29.5 Å². The van der Waals surface area contributed by atoms with E-state index in [2.05, 4.69) is 5.32 Å². The summed E-state index contributed by atoms with van der Waals surface area (Å²) >= 11 is 0. The van der Waals surface area contributed by atoms with E-state index in [1.54, 1.807) is 12.1 Å². The van der Waals surface area contributed by atoms with Crippen LogP contribution in [0.25, 0.3) is 0 Å². The molecule has 0 saturated heterocycles. The number of esters is 1. The molecule has 0 aromatic heterocycles. The van der Waals surface area contributed by atoms with Gasteiger partial charge in [-0.1, -0.05) is 50.2 Å². The van der Waals surface area contributed by atoms with Crippen LogP contribution in [-0.4, -0.2) is 55.3 Å². The first-order valence-corrected chi connectivity index (χ1v) is 14.4. The number of rotatable bonds is 14. The third-order valence-electron chi connectivity index (χ3n) is 7.00. The summed E-state index contributed by atoms with van der Waals surface area (Å²) in [5.41, 5.74) is 10.4. The molecule has 3 aromatic carbocycles. The Balaban J connectivity index is 1.50. The van der Waals surface area contributed by atoms with Gasteiger partial charge in [-0.05, 0) is 73.2 Å². The third-order valence-corrected chi connectivity index (χ3v) is 7.00. The van der Waals surface area contributed by atoms with Crippen molar-refractivity contribution in [1.29, 1.82) is 0 Å². The molecule has 0 radical (unpaired) electrons. The number of carbonyl (C=O) groups excluding carboxylic acids is 2. The Labute approximate surface area is 242 Å². The quantitative estimate of drug-likeness (QED) is 0.272. The van der Waals surface area contributed by atoms with Gasteiger partial charge in [-0.2, -0.15) is 0 Å². The van der Waals surface area contributed by atoms with E-state index in [-0.39, 0.29) is 12.7 Å². The van der Waals surface area contributed by atoms with Crippen LogP contribution in [0.15, 0.2) is 66.7 Å². The Bertz CT molecular complexity index is 1310. The van der Waals surface area contributed by atoms with Gasteiger partial charge >= 0.3 is 5.97 Å². The van der Waals surface area contributed by atoms with Crippen LogP contribution in [0.4, 0.5) is 0 Å². The number of amides is 1. The van der Waals surface area contributed by atoms with Crippen molar-refractivity contribution in [2.75, 3.05) is 26.4 Å². The minimum atomic E-state index is -0.618. The number of hydrogen-bond donors (Lipinski definition) is 2. The highest BCUT2D eigenvalue weighted by atomic mass is 16.7. The van der Waals surface area contributed by atoms with Crippen molar-refractivity contribution in [2.24, 2.45) is 5.73 Å². The number of carbonyl (C=O) groups is 2. The van der Waals surface area contributed by atoms with E-state index in [0.29, 0.717) is 55.2 Å². The fourth-order valence-corrected chi connectivity index (χ4v) is 4.97. The van der Waals surface area contributed by atoms with Crippen LogP contribution in [-0.2, 0) is 17.7 Å². The lowest BCUT2D eigenvalue weighted by Gasteiger charge is -2.25. The van der Waals surface area contributed by atoms with E-state index in [1.807, 2.05) is 80.3 Å². The van der Waals surface area contributed by atoms with Crippen LogP contribution in [0.1, 0.15) is 64.1 Å². The average Bonchev–Trinajstić information content (AvgIpc) is 3.44. The summed E-state index contributed by atoms with van der Waals surface area (Å²) in [6, 6.07) is 20.4. The Kier molecular flexibility index (Phi) is 10.8. The van der Waals surface area contributed by atoms with Crippen molar-refractivity contribution in [3.8, 4) is 11.5 Å². The number of fused-ring (bicyclic) bond motifs is 1. The number of nitrogens with one attached hydrogen (secondary N) is 1. The lowest BCUT2D eigenvalue weighted by molar-refractivity contribution is 0.0238. The van der Waals surface area contributed by atoms with E-state index >= 15 is 0 Å². The minimum Gasteiger partial charge on any atom is -0.456 e.